The van der Waals surface area contributed by atoms with Crippen molar-refractivity contribution in [3.8, 4) is 0 Å². The molecule has 1 atom stereocenters. The predicted octanol–water partition coefficient (Wildman–Crippen LogP) is 3.02. The minimum atomic E-state index is -3.85. The third kappa shape index (κ3) is 4.87. The Morgan fingerprint density at radius 2 is 1.88 bits per heavy atom. The number of hydrogen-bond acceptors (Lipinski definition) is 4. The zero-order valence-corrected chi connectivity index (χ0v) is 15.9. The van der Waals surface area contributed by atoms with Gasteiger partial charge < -0.3 is 5.32 Å². The molecule has 136 valence electrons. The average Bonchev–Trinajstić information content (AvgIpc) is 3.06. The maximum absolute atomic E-state index is 13.0. The second kappa shape index (κ2) is 8.07. The topological polar surface area (TPSA) is 66.5 Å². The molecule has 1 amide bonds. The summed E-state index contributed by atoms with van der Waals surface area (Å²) in [4.78, 5) is 13.3. The monoisotopic (exact) mass is 384 g/mol. The minimum Gasteiger partial charge on any atom is -0.347 e. The lowest BCUT2D eigenvalue weighted by molar-refractivity contribution is -0.122. The van der Waals surface area contributed by atoms with E-state index < -0.39 is 15.8 Å². The number of nitrogens with one attached hydrogen (secondary N) is 1. The lowest BCUT2D eigenvalue weighted by Crippen LogP contribution is -2.40. The molecule has 0 aliphatic heterocycles. The molecule has 0 aliphatic rings. The molecule has 25 heavy (non-hydrogen) atoms. The van der Waals surface area contributed by atoms with Gasteiger partial charge in [0.2, 0.25) is 15.9 Å². The van der Waals surface area contributed by atoms with Gasteiger partial charge in [-0.15, -0.1) is 11.3 Å². The zero-order valence-electron chi connectivity index (χ0n) is 14.3. The zero-order chi connectivity index (χ0) is 18.6. The normalized spacial score (nSPS) is 13.2. The Bertz CT molecular complexity index is 803. The van der Waals surface area contributed by atoms with E-state index in [2.05, 4.69) is 5.32 Å². The van der Waals surface area contributed by atoms with Crippen molar-refractivity contribution in [1.29, 1.82) is 0 Å². The van der Waals surface area contributed by atoms with Crippen molar-refractivity contribution in [3.05, 3.63) is 52.5 Å². The summed E-state index contributed by atoms with van der Waals surface area (Å²) in [5.74, 6) is -0.739. The smallest absolute Gasteiger partial charge is 0.243 e. The summed E-state index contributed by atoms with van der Waals surface area (Å²) in [6.07, 6.45) is 0. The first-order valence-corrected chi connectivity index (χ1v) is 10.1. The van der Waals surface area contributed by atoms with Crippen LogP contribution in [0.3, 0.4) is 0 Å². The van der Waals surface area contributed by atoms with Crippen molar-refractivity contribution in [3.63, 3.8) is 0 Å². The van der Waals surface area contributed by atoms with E-state index in [0.717, 1.165) is 21.3 Å². The Labute approximate surface area is 151 Å². The molecule has 0 saturated heterocycles. The summed E-state index contributed by atoms with van der Waals surface area (Å²) >= 11 is 1.54. The Morgan fingerprint density at radius 1 is 1.24 bits per heavy atom. The van der Waals surface area contributed by atoms with Gasteiger partial charge in [0.05, 0.1) is 17.5 Å². The van der Waals surface area contributed by atoms with E-state index in [1.807, 2.05) is 31.4 Å². The Kier molecular flexibility index (Phi) is 6.31. The second-order valence-corrected chi connectivity index (χ2v) is 9.04. The summed E-state index contributed by atoms with van der Waals surface area (Å²) < 4.78 is 38.8. The van der Waals surface area contributed by atoms with Gasteiger partial charge in [0.15, 0.2) is 0 Å². The van der Waals surface area contributed by atoms with Crippen LogP contribution in [-0.4, -0.2) is 32.2 Å². The highest BCUT2D eigenvalue weighted by atomic mass is 32.2. The van der Waals surface area contributed by atoms with Gasteiger partial charge >= 0.3 is 0 Å². The van der Waals surface area contributed by atoms with Gasteiger partial charge in [-0.1, -0.05) is 19.9 Å². The van der Waals surface area contributed by atoms with Crippen molar-refractivity contribution in [2.75, 3.05) is 13.6 Å². The molecule has 0 bridgehead atoms. The van der Waals surface area contributed by atoms with Crippen LogP contribution in [0.1, 0.15) is 24.8 Å². The SMILES string of the molecule is CC(C)[C@@H](NC(=O)CN(C)S(=O)(=O)c1ccc(F)cc1)c1cccs1. The van der Waals surface area contributed by atoms with Crippen LogP contribution >= 0.6 is 11.3 Å². The van der Waals surface area contributed by atoms with Crippen molar-refractivity contribution in [2.24, 2.45) is 5.92 Å². The van der Waals surface area contributed by atoms with Crippen LogP contribution in [0, 0.1) is 11.7 Å². The van der Waals surface area contributed by atoms with Crippen molar-refractivity contribution in [1.82, 2.24) is 9.62 Å². The molecule has 0 fully saturated rings. The van der Waals surface area contributed by atoms with Gasteiger partial charge in [0.25, 0.3) is 0 Å². The molecular formula is C17H21FN2O3S2. The van der Waals surface area contributed by atoms with Crippen LogP contribution in [-0.2, 0) is 14.8 Å². The average molecular weight is 384 g/mol. The van der Waals surface area contributed by atoms with Gasteiger partial charge in [0.1, 0.15) is 5.82 Å². The molecule has 1 heterocycles. The van der Waals surface area contributed by atoms with Crippen LogP contribution in [0.15, 0.2) is 46.7 Å². The number of sulfonamides is 1. The largest absolute Gasteiger partial charge is 0.347 e. The van der Waals surface area contributed by atoms with Gasteiger partial charge in [-0.25, -0.2) is 12.8 Å². The van der Waals surface area contributed by atoms with E-state index in [9.17, 15) is 17.6 Å². The number of thiophene rings is 1. The van der Waals surface area contributed by atoms with Crippen molar-refractivity contribution < 1.29 is 17.6 Å². The number of halogens is 1. The number of hydrogen-bond donors (Lipinski definition) is 1. The second-order valence-electron chi connectivity index (χ2n) is 6.02. The number of benzene rings is 1. The Morgan fingerprint density at radius 3 is 2.40 bits per heavy atom. The third-order valence-corrected chi connectivity index (χ3v) is 6.49. The molecule has 1 aromatic heterocycles. The number of carbonyl (C=O) groups is 1. The number of amides is 1. The first-order chi connectivity index (χ1) is 11.7. The molecule has 5 nitrogen and oxygen atoms in total. The van der Waals surface area contributed by atoms with E-state index in [1.54, 1.807) is 11.3 Å². The van der Waals surface area contributed by atoms with Gasteiger partial charge in [0, 0.05) is 11.9 Å². The number of nitrogens with zero attached hydrogens (tertiary/aromatic N) is 1. The van der Waals surface area contributed by atoms with Crippen LogP contribution in [0.25, 0.3) is 0 Å². The molecular weight excluding hydrogens is 363 g/mol. The molecule has 1 aromatic carbocycles. The molecule has 0 aliphatic carbocycles. The summed E-state index contributed by atoms with van der Waals surface area (Å²) in [6, 6.07) is 8.19. The van der Waals surface area contributed by atoms with E-state index in [0.29, 0.717) is 0 Å². The molecule has 2 rings (SSSR count). The van der Waals surface area contributed by atoms with Gasteiger partial charge in [-0.2, -0.15) is 4.31 Å². The van der Waals surface area contributed by atoms with Gasteiger partial charge in [-0.3, -0.25) is 4.79 Å². The quantitative estimate of drug-likeness (QED) is 0.798. The highest BCUT2D eigenvalue weighted by Crippen LogP contribution is 2.25. The molecule has 0 saturated carbocycles. The number of carbonyl (C=O) groups excluding carboxylic acids is 1. The van der Waals surface area contributed by atoms with Crippen LogP contribution in [0.5, 0.6) is 0 Å². The van der Waals surface area contributed by atoms with E-state index in [4.69, 9.17) is 0 Å². The first-order valence-electron chi connectivity index (χ1n) is 7.76. The van der Waals surface area contributed by atoms with Crippen molar-refractivity contribution >= 4 is 27.3 Å². The fraction of sp³-hybridized carbons (Fsp3) is 0.353. The Hall–Kier alpha value is -1.77. The fourth-order valence-corrected chi connectivity index (χ4v) is 4.40. The number of rotatable bonds is 7. The maximum Gasteiger partial charge on any atom is 0.243 e. The highest BCUT2D eigenvalue weighted by molar-refractivity contribution is 7.89. The fourth-order valence-electron chi connectivity index (χ4n) is 2.33. The maximum atomic E-state index is 13.0. The minimum absolute atomic E-state index is 0.0529. The summed E-state index contributed by atoms with van der Waals surface area (Å²) in [5, 5.41) is 4.82. The lowest BCUT2D eigenvalue weighted by atomic mass is 10.0. The first kappa shape index (κ1) is 19.6. The van der Waals surface area contributed by atoms with E-state index >= 15 is 0 Å². The molecule has 1 N–H and O–H groups in total. The van der Waals surface area contributed by atoms with Crippen molar-refractivity contribution in [2.45, 2.75) is 24.8 Å². The van der Waals surface area contributed by atoms with Crippen LogP contribution in [0.4, 0.5) is 4.39 Å². The lowest BCUT2D eigenvalue weighted by Gasteiger charge is -2.23. The number of likely N-dealkylation sites (N-methyl/N-ethyl adjacent to an activating group) is 1. The Balaban J connectivity index is 2.07. The summed E-state index contributed by atoms with van der Waals surface area (Å²) in [7, 11) is -2.53. The van der Waals surface area contributed by atoms with E-state index in [1.165, 1.54) is 19.2 Å². The molecule has 0 spiro atoms. The van der Waals surface area contributed by atoms with Crippen LogP contribution < -0.4 is 5.32 Å². The summed E-state index contributed by atoms with van der Waals surface area (Å²) in [6.45, 7) is 3.67. The molecule has 0 radical (unpaired) electrons. The standard InChI is InChI=1S/C17H21FN2O3S2/c1-12(2)17(15-5-4-10-24-15)19-16(21)11-20(3)25(22,23)14-8-6-13(18)7-9-14/h4-10,12,17H,11H2,1-3H3,(H,19,21)/t17-/m1/s1. The molecule has 2 aromatic rings. The summed E-state index contributed by atoms with van der Waals surface area (Å²) in [5.41, 5.74) is 0. The molecule has 8 heteroatoms. The third-order valence-electron chi connectivity index (χ3n) is 3.72. The van der Waals surface area contributed by atoms with Gasteiger partial charge in [-0.05, 0) is 41.6 Å². The predicted molar refractivity (Wildman–Crippen MR) is 96.3 cm³/mol. The molecule has 0 unspecified atom stereocenters. The highest BCUT2D eigenvalue weighted by Gasteiger charge is 2.25. The van der Waals surface area contributed by atoms with E-state index in [-0.39, 0.29) is 29.3 Å². The van der Waals surface area contributed by atoms with Crippen LogP contribution in [0.2, 0.25) is 0 Å².